The van der Waals surface area contributed by atoms with Crippen molar-refractivity contribution in [2.24, 2.45) is 0 Å². The number of ether oxygens (including phenoxy) is 5. The van der Waals surface area contributed by atoms with E-state index < -0.39 is 49.0 Å². The van der Waals surface area contributed by atoms with Crippen LogP contribution in [0.25, 0.3) is 11.2 Å². The number of hydrogen-bond acceptors (Lipinski definition) is 12. The lowest BCUT2D eigenvalue weighted by atomic mass is 9.99. The Balaban J connectivity index is 1.45. The van der Waals surface area contributed by atoms with E-state index in [9.17, 15) is 19.1 Å². The van der Waals surface area contributed by atoms with Crippen molar-refractivity contribution in [2.45, 2.75) is 37.4 Å². The van der Waals surface area contributed by atoms with Crippen molar-refractivity contribution < 1.29 is 42.8 Å². The Morgan fingerprint density at radius 3 is 3.03 bits per heavy atom. The van der Waals surface area contributed by atoms with Gasteiger partial charge in [0.05, 0.1) is 6.33 Å². The van der Waals surface area contributed by atoms with E-state index in [0.717, 1.165) is 6.26 Å². The molecule has 2 aliphatic heterocycles. The zero-order valence-electron chi connectivity index (χ0n) is 16.4. The summed E-state index contributed by atoms with van der Waals surface area (Å²) in [5.74, 6) is 2.08. The third-order valence-corrected chi connectivity index (χ3v) is 4.84. The van der Waals surface area contributed by atoms with Gasteiger partial charge in [-0.2, -0.15) is 14.4 Å². The number of aromatic nitrogens is 4. The number of carbonyl (C=O) groups is 2. The first kappa shape index (κ1) is 21.3. The molecule has 168 valence electrons. The number of hydrogen-bond donors (Lipinski definition) is 2. The second kappa shape index (κ2) is 7.94. The molecule has 4 rings (SSSR count). The predicted molar refractivity (Wildman–Crippen MR) is 99.5 cm³/mol. The molecule has 2 aromatic heterocycles. The van der Waals surface area contributed by atoms with Crippen LogP contribution in [0.15, 0.2) is 18.3 Å². The summed E-state index contributed by atoms with van der Waals surface area (Å²) in [7, 11) is 0. The molecule has 1 unspecified atom stereocenters. The highest BCUT2D eigenvalue weighted by Gasteiger charge is 2.49. The molecular formula is C18H16FN5O8. The van der Waals surface area contributed by atoms with Gasteiger partial charge in [-0.25, -0.2) is 14.6 Å². The number of rotatable bonds is 4. The van der Waals surface area contributed by atoms with Gasteiger partial charge in [0, 0.05) is 6.42 Å². The number of fused-ring (bicyclic) bond motifs is 1. The summed E-state index contributed by atoms with van der Waals surface area (Å²) in [6.07, 6.45) is 1.52. The van der Waals surface area contributed by atoms with Gasteiger partial charge in [0.15, 0.2) is 34.4 Å². The Morgan fingerprint density at radius 2 is 2.34 bits per heavy atom. The molecule has 0 aromatic carbocycles. The number of imidazole rings is 1. The van der Waals surface area contributed by atoms with E-state index in [4.69, 9.17) is 31.1 Å². The fourth-order valence-electron chi connectivity index (χ4n) is 3.18. The van der Waals surface area contributed by atoms with E-state index in [2.05, 4.69) is 25.6 Å². The molecule has 4 atom stereocenters. The van der Waals surface area contributed by atoms with E-state index in [0.29, 0.717) is 0 Å². The molecule has 4 heterocycles. The van der Waals surface area contributed by atoms with Crippen LogP contribution < -0.4 is 5.73 Å². The van der Waals surface area contributed by atoms with Gasteiger partial charge in [-0.15, -0.1) is 6.42 Å². The number of aliphatic hydroxyl groups excluding tert-OH is 1. The Bertz CT molecular complexity index is 1160. The topological polar surface area (TPSA) is 170 Å². The minimum Gasteiger partial charge on any atom is -0.430 e. The first-order valence-corrected chi connectivity index (χ1v) is 9.13. The standard InChI is InChI=1S/C18H16FN5O8/c1-3-18(6-29-16(26)28-5-9-8(2)30-17(27)31-9)10(25)4-11(32-18)24-7-21-12-13(20)22-15(19)23-14(12)24/h1,5,7-8,10-11,25H,4,6H2,2H3,(H2,20,22,23)/t8?,10-,11+,18+/m0/s1. The molecular weight excluding hydrogens is 433 g/mol. The van der Waals surface area contributed by atoms with Gasteiger partial charge in [0.25, 0.3) is 0 Å². The summed E-state index contributed by atoms with van der Waals surface area (Å²) >= 11 is 0. The summed E-state index contributed by atoms with van der Waals surface area (Å²) in [6, 6.07) is 0. The SMILES string of the molecule is C#C[C@]1(COC(=O)OC=C2OC(=O)OC2C)O[C@@H](n2cnc3c(N)nc(F)nc32)C[C@@H]1O. The summed E-state index contributed by atoms with van der Waals surface area (Å²) in [5, 5.41) is 10.5. The summed E-state index contributed by atoms with van der Waals surface area (Å²) in [4.78, 5) is 34.0. The second-order valence-electron chi connectivity index (χ2n) is 6.85. The molecule has 13 nitrogen and oxygen atoms in total. The predicted octanol–water partition coefficient (Wildman–Crippen LogP) is 0.749. The molecule has 0 spiro atoms. The number of carbonyl (C=O) groups excluding carboxylic acids is 2. The molecule has 0 amide bonds. The van der Waals surface area contributed by atoms with E-state index in [1.807, 2.05) is 0 Å². The van der Waals surface area contributed by atoms with Gasteiger partial charge >= 0.3 is 18.4 Å². The van der Waals surface area contributed by atoms with Crippen molar-refractivity contribution in [2.75, 3.05) is 12.3 Å². The number of nitrogens with zero attached hydrogens (tertiary/aromatic N) is 4. The van der Waals surface area contributed by atoms with E-state index in [-0.39, 0.29) is 29.2 Å². The molecule has 0 aliphatic carbocycles. The number of nitrogens with two attached hydrogens (primary N) is 1. The summed E-state index contributed by atoms with van der Waals surface area (Å²) < 4.78 is 39.8. The van der Waals surface area contributed by atoms with Gasteiger partial charge < -0.3 is 34.5 Å². The van der Waals surface area contributed by atoms with E-state index >= 15 is 0 Å². The van der Waals surface area contributed by atoms with Gasteiger partial charge in [0.2, 0.25) is 0 Å². The number of anilines is 1. The van der Waals surface area contributed by atoms with Crippen LogP contribution >= 0.6 is 0 Å². The van der Waals surface area contributed by atoms with Crippen molar-refractivity contribution >= 4 is 29.3 Å². The molecule has 0 radical (unpaired) electrons. The number of halogens is 1. The maximum Gasteiger partial charge on any atom is 0.514 e. The minimum atomic E-state index is -1.74. The van der Waals surface area contributed by atoms with Crippen molar-refractivity contribution in [3.05, 3.63) is 24.4 Å². The lowest BCUT2D eigenvalue weighted by Gasteiger charge is -2.25. The van der Waals surface area contributed by atoms with Gasteiger partial charge in [-0.1, -0.05) is 5.92 Å². The van der Waals surface area contributed by atoms with Gasteiger partial charge in [-0.3, -0.25) is 4.57 Å². The van der Waals surface area contributed by atoms with Crippen LogP contribution in [0.4, 0.5) is 19.8 Å². The molecule has 2 aromatic rings. The van der Waals surface area contributed by atoms with E-state index in [1.165, 1.54) is 17.8 Å². The Hall–Kier alpha value is -3.96. The first-order chi connectivity index (χ1) is 15.2. The average Bonchev–Trinajstić information content (AvgIpc) is 3.40. The highest BCUT2D eigenvalue weighted by atomic mass is 19.1. The highest BCUT2D eigenvalue weighted by molar-refractivity contribution is 5.81. The maximum atomic E-state index is 13.6. The lowest BCUT2D eigenvalue weighted by molar-refractivity contribution is -0.0959. The molecule has 0 bridgehead atoms. The number of terminal acetylenes is 1. The monoisotopic (exact) mass is 449 g/mol. The average molecular weight is 449 g/mol. The number of cyclic esters (lactones) is 2. The molecule has 0 saturated carbocycles. The van der Waals surface area contributed by atoms with Crippen LogP contribution in [0.2, 0.25) is 0 Å². The Labute approximate surface area is 178 Å². The first-order valence-electron chi connectivity index (χ1n) is 9.13. The quantitative estimate of drug-likeness (QED) is 0.291. The van der Waals surface area contributed by atoms with Crippen molar-refractivity contribution in [1.82, 2.24) is 19.5 Å². The zero-order valence-corrected chi connectivity index (χ0v) is 16.4. The number of nitrogen functional groups attached to an aromatic ring is 1. The molecule has 14 heteroatoms. The third kappa shape index (κ3) is 3.74. The smallest absolute Gasteiger partial charge is 0.430 e. The Kier molecular flexibility index (Phi) is 5.28. The van der Waals surface area contributed by atoms with Crippen LogP contribution in [0.5, 0.6) is 0 Å². The molecule has 2 aliphatic rings. The Morgan fingerprint density at radius 1 is 1.56 bits per heavy atom. The van der Waals surface area contributed by atoms with Crippen molar-refractivity contribution in [3.8, 4) is 12.3 Å². The zero-order chi connectivity index (χ0) is 23.0. The van der Waals surface area contributed by atoms with E-state index in [1.54, 1.807) is 0 Å². The van der Waals surface area contributed by atoms with Crippen LogP contribution in [-0.2, 0) is 23.7 Å². The summed E-state index contributed by atoms with van der Waals surface area (Å²) in [5.41, 5.74) is 4.09. The summed E-state index contributed by atoms with van der Waals surface area (Å²) in [6.45, 7) is 0.930. The number of aliphatic hydroxyl groups is 1. The van der Waals surface area contributed by atoms with Crippen LogP contribution in [0.3, 0.4) is 0 Å². The normalized spacial score (nSPS) is 28.4. The van der Waals surface area contributed by atoms with Gasteiger partial charge in [-0.05, 0) is 6.92 Å². The fourth-order valence-corrected chi connectivity index (χ4v) is 3.18. The van der Waals surface area contributed by atoms with Gasteiger partial charge in [0.1, 0.15) is 25.2 Å². The molecule has 2 saturated heterocycles. The lowest BCUT2D eigenvalue weighted by Crippen LogP contribution is -2.43. The minimum absolute atomic E-state index is 0.0312. The highest BCUT2D eigenvalue weighted by Crippen LogP contribution is 2.38. The van der Waals surface area contributed by atoms with Crippen LogP contribution in [0.1, 0.15) is 19.6 Å². The largest absolute Gasteiger partial charge is 0.514 e. The maximum absolute atomic E-state index is 13.6. The third-order valence-electron chi connectivity index (χ3n) is 4.84. The molecule has 32 heavy (non-hydrogen) atoms. The van der Waals surface area contributed by atoms with Crippen molar-refractivity contribution in [1.29, 1.82) is 0 Å². The molecule has 2 fully saturated rings. The van der Waals surface area contributed by atoms with Crippen molar-refractivity contribution in [3.63, 3.8) is 0 Å². The fraction of sp³-hybridized carbons (Fsp3) is 0.389. The van der Waals surface area contributed by atoms with Crippen LogP contribution in [0, 0.1) is 18.4 Å². The molecule has 3 N–H and O–H groups in total. The van der Waals surface area contributed by atoms with Crippen LogP contribution in [-0.4, -0.2) is 61.4 Å². The second-order valence-corrected chi connectivity index (χ2v) is 6.85.